The number of halogens is 1. The molecule has 0 amide bonds. The normalized spacial score (nSPS) is 15.7. The molecule has 0 fully saturated rings. The number of alkyl halides is 1. The lowest BCUT2D eigenvalue weighted by molar-refractivity contribution is 0.190. The Balaban J connectivity index is 3.08. The topological polar surface area (TPSA) is 46.2 Å². The highest BCUT2D eigenvalue weighted by Crippen LogP contribution is 2.26. The lowest BCUT2D eigenvalue weighted by atomic mass is 9.98. The molecule has 1 rings (SSSR count). The summed E-state index contributed by atoms with van der Waals surface area (Å²) >= 11 is 0. The van der Waals surface area contributed by atoms with E-state index in [1.165, 1.54) is 31.2 Å². The number of rotatable bonds is 5. The van der Waals surface area contributed by atoms with Crippen molar-refractivity contribution in [2.45, 2.75) is 36.6 Å². The van der Waals surface area contributed by atoms with Crippen LogP contribution in [0.15, 0.2) is 29.2 Å². The van der Waals surface area contributed by atoms with Gasteiger partial charge in [0, 0.05) is 6.54 Å². The molecule has 102 valence electrons. The lowest BCUT2D eigenvalue weighted by Gasteiger charge is -2.20. The fourth-order valence-corrected chi connectivity index (χ4v) is 2.76. The number of likely N-dealkylation sites (N-methyl/N-ethyl adjacent to an activating group) is 1. The van der Waals surface area contributed by atoms with Crippen molar-refractivity contribution in [1.29, 1.82) is 0 Å². The van der Waals surface area contributed by atoms with Crippen LogP contribution in [-0.4, -0.2) is 27.3 Å². The van der Waals surface area contributed by atoms with Gasteiger partial charge >= 0.3 is 0 Å². The molecule has 0 aliphatic rings. The standard InChI is InChI=1S/C13H20FNO2S/c1-10(2)18(16,17)12-7-5-11(6-8-12)13(3,14)9-15-4/h5-8,10,15H,9H2,1-4H3. The molecule has 0 aliphatic carbocycles. The Hall–Kier alpha value is -0.940. The predicted molar refractivity (Wildman–Crippen MR) is 71.2 cm³/mol. The molecular weight excluding hydrogens is 253 g/mol. The van der Waals surface area contributed by atoms with Crippen molar-refractivity contribution in [3.63, 3.8) is 0 Å². The minimum absolute atomic E-state index is 0.184. The monoisotopic (exact) mass is 273 g/mol. The first-order chi connectivity index (χ1) is 8.21. The van der Waals surface area contributed by atoms with Gasteiger partial charge in [-0.2, -0.15) is 0 Å². The van der Waals surface area contributed by atoms with E-state index in [1.54, 1.807) is 20.9 Å². The molecule has 1 N–H and O–H groups in total. The zero-order valence-electron chi connectivity index (χ0n) is 11.2. The highest BCUT2D eigenvalue weighted by Gasteiger charge is 2.26. The number of benzene rings is 1. The number of nitrogens with one attached hydrogen (secondary N) is 1. The fraction of sp³-hybridized carbons (Fsp3) is 0.538. The molecule has 1 aromatic carbocycles. The molecule has 0 aromatic heterocycles. The van der Waals surface area contributed by atoms with Crippen molar-refractivity contribution in [2.75, 3.05) is 13.6 Å². The summed E-state index contributed by atoms with van der Waals surface area (Å²) in [6.45, 7) is 4.91. The van der Waals surface area contributed by atoms with Crippen LogP contribution in [0.25, 0.3) is 0 Å². The van der Waals surface area contributed by atoms with E-state index in [0.29, 0.717) is 5.56 Å². The largest absolute Gasteiger partial charge is 0.316 e. The van der Waals surface area contributed by atoms with E-state index in [2.05, 4.69) is 5.32 Å². The number of hydrogen-bond acceptors (Lipinski definition) is 3. The maximum Gasteiger partial charge on any atom is 0.180 e. The molecule has 0 bridgehead atoms. The van der Waals surface area contributed by atoms with Crippen LogP contribution in [-0.2, 0) is 15.5 Å². The first-order valence-corrected chi connectivity index (χ1v) is 7.44. The molecule has 18 heavy (non-hydrogen) atoms. The second-order valence-corrected chi connectivity index (χ2v) is 7.35. The van der Waals surface area contributed by atoms with Crippen molar-refractivity contribution in [2.24, 2.45) is 0 Å². The molecule has 0 saturated heterocycles. The average molecular weight is 273 g/mol. The summed E-state index contributed by atoms with van der Waals surface area (Å²) < 4.78 is 38.0. The third-order valence-electron chi connectivity index (χ3n) is 2.91. The van der Waals surface area contributed by atoms with Gasteiger partial charge in [0.05, 0.1) is 10.1 Å². The van der Waals surface area contributed by atoms with Crippen LogP contribution >= 0.6 is 0 Å². The molecule has 0 saturated carbocycles. The van der Waals surface area contributed by atoms with Crippen LogP contribution < -0.4 is 5.32 Å². The highest BCUT2D eigenvalue weighted by atomic mass is 32.2. The van der Waals surface area contributed by atoms with E-state index in [0.717, 1.165) is 0 Å². The van der Waals surface area contributed by atoms with Crippen LogP contribution in [0.2, 0.25) is 0 Å². The third-order valence-corrected chi connectivity index (χ3v) is 5.08. The van der Waals surface area contributed by atoms with Gasteiger partial charge in [-0.05, 0) is 45.5 Å². The van der Waals surface area contributed by atoms with Crippen molar-refractivity contribution >= 4 is 9.84 Å². The molecule has 0 aliphatic heterocycles. The van der Waals surface area contributed by atoms with Gasteiger partial charge < -0.3 is 5.32 Å². The molecular formula is C13H20FNO2S. The maximum atomic E-state index is 14.2. The zero-order chi connectivity index (χ0) is 14.0. The van der Waals surface area contributed by atoms with E-state index >= 15 is 0 Å². The molecule has 5 heteroatoms. The van der Waals surface area contributed by atoms with E-state index < -0.39 is 20.8 Å². The van der Waals surface area contributed by atoms with Crippen molar-refractivity contribution in [1.82, 2.24) is 5.32 Å². The van der Waals surface area contributed by atoms with Gasteiger partial charge in [0.15, 0.2) is 9.84 Å². The predicted octanol–water partition coefficient (Wildman–Crippen LogP) is 2.27. The van der Waals surface area contributed by atoms with Crippen LogP contribution in [0.4, 0.5) is 4.39 Å². The van der Waals surface area contributed by atoms with Crippen molar-refractivity contribution in [3.05, 3.63) is 29.8 Å². The Kier molecular flexibility index (Phi) is 4.50. The SMILES string of the molecule is CNCC(C)(F)c1ccc(S(=O)(=O)C(C)C)cc1. The molecule has 1 atom stereocenters. The van der Waals surface area contributed by atoms with Crippen molar-refractivity contribution in [3.8, 4) is 0 Å². The van der Waals surface area contributed by atoms with Crippen LogP contribution in [0.3, 0.4) is 0 Å². The van der Waals surface area contributed by atoms with E-state index in [4.69, 9.17) is 0 Å². The van der Waals surface area contributed by atoms with Gasteiger partial charge in [-0.3, -0.25) is 0 Å². The lowest BCUT2D eigenvalue weighted by Crippen LogP contribution is -2.29. The smallest absolute Gasteiger partial charge is 0.180 e. The Morgan fingerprint density at radius 1 is 1.28 bits per heavy atom. The molecule has 1 unspecified atom stereocenters. The minimum atomic E-state index is -3.29. The van der Waals surface area contributed by atoms with Crippen LogP contribution in [0.5, 0.6) is 0 Å². The Bertz CT molecular complexity index is 492. The number of hydrogen-bond donors (Lipinski definition) is 1. The summed E-state index contributed by atoms with van der Waals surface area (Å²) in [5.74, 6) is 0. The average Bonchev–Trinajstić information content (AvgIpc) is 2.29. The second kappa shape index (κ2) is 5.36. The van der Waals surface area contributed by atoms with Crippen LogP contribution in [0.1, 0.15) is 26.3 Å². The minimum Gasteiger partial charge on any atom is -0.316 e. The highest BCUT2D eigenvalue weighted by molar-refractivity contribution is 7.92. The molecule has 0 heterocycles. The third kappa shape index (κ3) is 3.09. The van der Waals surface area contributed by atoms with Gasteiger partial charge in [-0.1, -0.05) is 12.1 Å². The van der Waals surface area contributed by atoms with Gasteiger partial charge in [0.2, 0.25) is 0 Å². The van der Waals surface area contributed by atoms with Gasteiger partial charge in [0.25, 0.3) is 0 Å². The molecule has 0 spiro atoms. The second-order valence-electron chi connectivity index (χ2n) is 4.85. The van der Waals surface area contributed by atoms with E-state index in [-0.39, 0.29) is 11.4 Å². The van der Waals surface area contributed by atoms with E-state index in [1.807, 2.05) is 0 Å². The maximum absolute atomic E-state index is 14.2. The Labute approximate surface area is 108 Å². The molecule has 3 nitrogen and oxygen atoms in total. The van der Waals surface area contributed by atoms with Gasteiger partial charge in [-0.15, -0.1) is 0 Å². The summed E-state index contributed by atoms with van der Waals surface area (Å²) in [6.07, 6.45) is 0. The molecule has 0 radical (unpaired) electrons. The fourth-order valence-electron chi connectivity index (χ4n) is 1.70. The summed E-state index contributed by atoms with van der Waals surface area (Å²) in [5, 5.41) is 2.30. The Morgan fingerprint density at radius 3 is 2.17 bits per heavy atom. The van der Waals surface area contributed by atoms with Crippen LogP contribution in [0, 0.1) is 0 Å². The number of sulfone groups is 1. The summed E-state index contributed by atoms with van der Waals surface area (Å²) in [6, 6.07) is 6.01. The van der Waals surface area contributed by atoms with Gasteiger partial charge in [0.1, 0.15) is 5.67 Å². The van der Waals surface area contributed by atoms with E-state index in [9.17, 15) is 12.8 Å². The summed E-state index contributed by atoms with van der Waals surface area (Å²) in [7, 11) is -1.61. The molecule has 1 aromatic rings. The van der Waals surface area contributed by atoms with Gasteiger partial charge in [-0.25, -0.2) is 12.8 Å². The summed E-state index contributed by atoms with van der Waals surface area (Å²) in [4.78, 5) is 0.238. The first kappa shape index (κ1) is 15.1. The van der Waals surface area contributed by atoms with Crippen molar-refractivity contribution < 1.29 is 12.8 Å². The summed E-state index contributed by atoms with van der Waals surface area (Å²) in [5.41, 5.74) is -1.03. The first-order valence-electron chi connectivity index (χ1n) is 5.90. The quantitative estimate of drug-likeness (QED) is 0.895. The zero-order valence-corrected chi connectivity index (χ0v) is 12.0. The Morgan fingerprint density at radius 2 is 1.78 bits per heavy atom.